The average molecular weight is 132 g/mol. The van der Waals surface area contributed by atoms with Gasteiger partial charge in [0.25, 0.3) is 0 Å². The molecule has 0 amide bonds. The van der Waals surface area contributed by atoms with Gasteiger partial charge in [-0.1, -0.05) is 17.1 Å². The number of hydrogen-bond donors (Lipinski definition) is 2. The molecular weight excluding hydrogens is 124 g/mol. The minimum atomic E-state index is 0.696. The van der Waals surface area contributed by atoms with Crippen molar-refractivity contribution in [3.8, 4) is 0 Å². The molecule has 1 rings (SSSR count). The number of rotatable bonds is 0. The Bertz CT molecular complexity index is 96.2. The fourth-order valence-corrected chi connectivity index (χ4v) is 1.27. The predicted octanol–water partition coefficient (Wildman–Crippen LogP) is 0.806. The zero-order valence-corrected chi connectivity index (χ0v) is 5.24. The molecule has 4 heteroatoms. The van der Waals surface area contributed by atoms with Crippen LogP contribution in [-0.2, 0) is 0 Å². The molecular formula is C4H8N2OS. The molecule has 0 aromatic heterocycles. The van der Waals surface area contributed by atoms with Gasteiger partial charge in [0.05, 0.1) is 0 Å². The standard InChI is InChI=1S/C4H8N2OS/c7-5-4-2-1-3-8-6-4/h7H,1-3H2,(H,5,6). The molecule has 0 atom stereocenters. The summed E-state index contributed by atoms with van der Waals surface area (Å²) in [4.78, 5) is 0. The molecule has 0 aromatic rings. The molecule has 0 spiro atoms. The number of nitrogens with zero attached hydrogens (tertiary/aromatic N) is 1. The van der Waals surface area contributed by atoms with Crippen molar-refractivity contribution in [1.82, 2.24) is 4.72 Å². The van der Waals surface area contributed by atoms with E-state index in [0.717, 1.165) is 18.6 Å². The molecule has 0 saturated carbocycles. The van der Waals surface area contributed by atoms with E-state index in [-0.39, 0.29) is 0 Å². The van der Waals surface area contributed by atoms with Crippen LogP contribution in [0.3, 0.4) is 0 Å². The zero-order chi connectivity index (χ0) is 5.82. The minimum absolute atomic E-state index is 0.696. The van der Waals surface area contributed by atoms with Crippen LogP contribution in [0, 0.1) is 0 Å². The van der Waals surface area contributed by atoms with Crippen LogP contribution in [0.5, 0.6) is 0 Å². The van der Waals surface area contributed by atoms with Gasteiger partial charge in [-0.15, -0.1) is 0 Å². The van der Waals surface area contributed by atoms with Crippen molar-refractivity contribution in [3.05, 3.63) is 0 Å². The first-order valence-electron chi connectivity index (χ1n) is 2.52. The smallest absolute Gasteiger partial charge is 0.151 e. The highest BCUT2D eigenvalue weighted by Crippen LogP contribution is 2.07. The molecule has 1 heterocycles. The van der Waals surface area contributed by atoms with E-state index in [2.05, 4.69) is 9.88 Å². The lowest BCUT2D eigenvalue weighted by molar-refractivity contribution is 0.316. The molecule has 0 bridgehead atoms. The van der Waals surface area contributed by atoms with Crippen LogP contribution in [0.25, 0.3) is 0 Å². The maximum Gasteiger partial charge on any atom is 0.151 e. The van der Waals surface area contributed by atoms with Gasteiger partial charge in [-0.3, -0.25) is 0 Å². The molecule has 0 aliphatic carbocycles. The van der Waals surface area contributed by atoms with Gasteiger partial charge in [0, 0.05) is 12.2 Å². The van der Waals surface area contributed by atoms with Gasteiger partial charge in [0.2, 0.25) is 0 Å². The Morgan fingerprint density at radius 3 is 3.00 bits per heavy atom. The molecule has 0 unspecified atom stereocenters. The molecule has 1 aliphatic heterocycles. The first kappa shape index (κ1) is 5.75. The molecule has 0 aromatic carbocycles. The second-order valence-corrected chi connectivity index (χ2v) is 2.50. The molecule has 46 valence electrons. The topological polar surface area (TPSA) is 44.6 Å². The monoisotopic (exact) mass is 132 g/mol. The van der Waals surface area contributed by atoms with Crippen molar-refractivity contribution in [2.45, 2.75) is 12.8 Å². The minimum Gasteiger partial charge on any atom is -0.409 e. The third-order valence-electron chi connectivity index (χ3n) is 0.971. The Labute approximate surface area is 52.3 Å². The fraction of sp³-hybridized carbons (Fsp3) is 0.750. The summed E-state index contributed by atoms with van der Waals surface area (Å²) >= 11 is 1.59. The van der Waals surface area contributed by atoms with Crippen LogP contribution in [-0.4, -0.2) is 16.8 Å². The number of amidine groups is 1. The van der Waals surface area contributed by atoms with Crippen molar-refractivity contribution in [3.63, 3.8) is 0 Å². The van der Waals surface area contributed by atoms with Crippen molar-refractivity contribution < 1.29 is 5.21 Å². The van der Waals surface area contributed by atoms with Crippen molar-refractivity contribution in [2.75, 3.05) is 5.75 Å². The van der Waals surface area contributed by atoms with Crippen LogP contribution in [0.4, 0.5) is 0 Å². The summed E-state index contributed by atoms with van der Waals surface area (Å²) in [6, 6.07) is 0. The maximum atomic E-state index is 8.20. The second-order valence-electron chi connectivity index (χ2n) is 1.60. The van der Waals surface area contributed by atoms with Gasteiger partial charge >= 0.3 is 0 Å². The van der Waals surface area contributed by atoms with E-state index in [0.29, 0.717) is 5.84 Å². The third kappa shape index (κ3) is 1.30. The molecule has 3 nitrogen and oxygen atoms in total. The molecule has 2 N–H and O–H groups in total. The van der Waals surface area contributed by atoms with Crippen molar-refractivity contribution >= 4 is 17.8 Å². The number of oxime groups is 1. The molecule has 0 radical (unpaired) electrons. The predicted molar refractivity (Wildman–Crippen MR) is 34.0 cm³/mol. The van der Waals surface area contributed by atoms with Crippen molar-refractivity contribution in [1.29, 1.82) is 0 Å². The van der Waals surface area contributed by atoms with E-state index in [1.165, 1.54) is 0 Å². The van der Waals surface area contributed by atoms with Crippen LogP contribution < -0.4 is 4.72 Å². The largest absolute Gasteiger partial charge is 0.409 e. The second kappa shape index (κ2) is 2.81. The SMILES string of the molecule is ON=C1CCCSN1. The summed E-state index contributed by atoms with van der Waals surface area (Å²) in [5, 5.41) is 11.2. The van der Waals surface area contributed by atoms with E-state index >= 15 is 0 Å². The quantitative estimate of drug-likeness (QED) is 0.291. The van der Waals surface area contributed by atoms with Crippen molar-refractivity contribution in [2.24, 2.45) is 5.16 Å². The zero-order valence-electron chi connectivity index (χ0n) is 4.42. The van der Waals surface area contributed by atoms with Gasteiger partial charge in [0.1, 0.15) is 0 Å². The highest BCUT2D eigenvalue weighted by molar-refractivity contribution is 7.98. The Balaban J connectivity index is 2.33. The van der Waals surface area contributed by atoms with E-state index in [1.807, 2.05) is 0 Å². The van der Waals surface area contributed by atoms with E-state index in [9.17, 15) is 0 Å². The average Bonchev–Trinajstić information content (AvgIpc) is 1.90. The summed E-state index contributed by atoms with van der Waals surface area (Å²) in [7, 11) is 0. The van der Waals surface area contributed by atoms with Gasteiger partial charge in [-0.2, -0.15) is 0 Å². The first-order valence-corrected chi connectivity index (χ1v) is 3.51. The van der Waals surface area contributed by atoms with Crippen LogP contribution in [0.15, 0.2) is 5.16 Å². The normalized spacial score (nSPS) is 25.2. The van der Waals surface area contributed by atoms with Crippen LogP contribution in [0.2, 0.25) is 0 Å². The lowest BCUT2D eigenvalue weighted by Gasteiger charge is -2.11. The summed E-state index contributed by atoms with van der Waals surface area (Å²) in [6.07, 6.45) is 1.99. The van der Waals surface area contributed by atoms with Crippen LogP contribution in [0.1, 0.15) is 12.8 Å². The fourth-order valence-electron chi connectivity index (χ4n) is 0.568. The Morgan fingerprint density at radius 1 is 1.75 bits per heavy atom. The molecule has 8 heavy (non-hydrogen) atoms. The lowest BCUT2D eigenvalue weighted by atomic mass is 10.3. The summed E-state index contributed by atoms with van der Waals surface area (Å²) < 4.78 is 2.89. The number of hydrogen-bond acceptors (Lipinski definition) is 3. The maximum absolute atomic E-state index is 8.20. The Morgan fingerprint density at radius 2 is 2.62 bits per heavy atom. The summed E-state index contributed by atoms with van der Waals surface area (Å²) in [6.45, 7) is 0. The van der Waals surface area contributed by atoms with Crippen LogP contribution >= 0.6 is 11.9 Å². The van der Waals surface area contributed by atoms with Gasteiger partial charge in [-0.05, 0) is 6.42 Å². The highest BCUT2D eigenvalue weighted by atomic mass is 32.2. The van der Waals surface area contributed by atoms with E-state index in [1.54, 1.807) is 11.9 Å². The first-order chi connectivity index (χ1) is 3.93. The summed E-state index contributed by atoms with van der Waals surface area (Å²) in [5.74, 6) is 1.81. The Kier molecular flexibility index (Phi) is 2.02. The molecule has 1 fully saturated rings. The van der Waals surface area contributed by atoms with Gasteiger partial charge in [-0.25, -0.2) is 0 Å². The van der Waals surface area contributed by atoms with Gasteiger partial charge < -0.3 is 9.93 Å². The Hall–Kier alpha value is -0.380. The van der Waals surface area contributed by atoms with E-state index in [4.69, 9.17) is 5.21 Å². The van der Waals surface area contributed by atoms with Gasteiger partial charge in [0.15, 0.2) is 5.84 Å². The number of nitrogens with one attached hydrogen (secondary N) is 1. The lowest BCUT2D eigenvalue weighted by Crippen LogP contribution is -2.21. The third-order valence-corrected chi connectivity index (χ3v) is 1.84. The van der Waals surface area contributed by atoms with E-state index < -0.39 is 0 Å². The summed E-state index contributed by atoms with van der Waals surface area (Å²) in [5.41, 5.74) is 0. The highest BCUT2D eigenvalue weighted by Gasteiger charge is 2.04. The molecule has 1 aliphatic rings. The molecule has 1 saturated heterocycles.